The third-order valence-corrected chi connectivity index (χ3v) is 13.3. The van der Waals surface area contributed by atoms with Crippen molar-refractivity contribution in [3.63, 3.8) is 0 Å². The number of anilines is 9. The van der Waals surface area contributed by atoms with Gasteiger partial charge in [0.2, 0.25) is 0 Å². The Kier molecular flexibility index (Phi) is 10.8. The van der Waals surface area contributed by atoms with Gasteiger partial charge in [-0.15, -0.1) is 0 Å². The molecule has 1 aliphatic carbocycles. The molecule has 67 heavy (non-hydrogen) atoms. The zero-order valence-corrected chi connectivity index (χ0v) is 38.1. The summed E-state index contributed by atoms with van der Waals surface area (Å²) in [5, 5.41) is 0. The summed E-state index contributed by atoms with van der Waals surface area (Å²) in [6.45, 7) is 6.99. The molecule has 3 nitrogen and oxygen atoms in total. The number of hydrogen-bond acceptors (Lipinski definition) is 3. The fraction of sp³-hybridized carbons (Fsp3) is 0.0625. The van der Waals surface area contributed by atoms with Crippen molar-refractivity contribution in [1.82, 2.24) is 0 Å². The van der Waals surface area contributed by atoms with E-state index in [1.807, 2.05) is 0 Å². The summed E-state index contributed by atoms with van der Waals surface area (Å²) in [5.41, 5.74) is 20.7. The van der Waals surface area contributed by atoms with E-state index >= 15 is 0 Å². The number of para-hydroxylation sites is 3. The normalized spacial score (nSPS) is 12.2. The maximum absolute atomic E-state index is 2.45. The molecule has 0 saturated carbocycles. The number of rotatable bonds is 11. The van der Waals surface area contributed by atoms with Crippen LogP contribution in [0.5, 0.6) is 0 Å². The third-order valence-electron chi connectivity index (χ3n) is 13.3. The van der Waals surface area contributed by atoms with E-state index < -0.39 is 0 Å². The molecule has 0 spiro atoms. The number of fused-ring (bicyclic) bond motifs is 3. The van der Waals surface area contributed by atoms with Gasteiger partial charge in [-0.05, 0) is 148 Å². The fourth-order valence-electron chi connectivity index (χ4n) is 10.0. The highest BCUT2D eigenvalue weighted by atomic mass is 15.2. The summed E-state index contributed by atoms with van der Waals surface area (Å²) in [4.78, 5) is 7.22. The first-order valence-corrected chi connectivity index (χ1v) is 23.2. The predicted octanol–water partition coefficient (Wildman–Crippen LogP) is 18.0. The monoisotopic (exact) mass is 861 g/mol. The highest BCUT2D eigenvalue weighted by Crippen LogP contribution is 2.53. The van der Waals surface area contributed by atoms with E-state index in [-0.39, 0.29) is 5.41 Å². The van der Waals surface area contributed by atoms with Gasteiger partial charge >= 0.3 is 0 Å². The van der Waals surface area contributed by atoms with Crippen LogP contribution in [-0.2, 0) is 5.41 Å². The molecule has 3 heteroatoms. The molecule has 0 bridgehead atoms. The van der Waals surface area contributed by atoms with Crippen molar-refractivity contribution in [1.29, 1.82) is 0 Å². The van der Waals surface area contributed by atoms with Crippen molar-refractivity contribution in [2.75, 3.05) is 14.7 Å². The van der Waals surface area contributed by atoms with Gasteiger partial charge in [0.1, 0.15) is 0 Å². The number of hydrogen-bond donors (Lipinski definition) is 0. The molecule has 0 radical (unpaired) electrons. The second-order valence-corrected chi connectivity index (χ2v) is 17.9. The van der Waals surface area contributed by atoms with E-state index in [4.69, 9.17) is 0 Å². The summed E-state index contributed by atoms with van der Waals surface area (Å²) >= 11 is 0. The Bertz CT molecular complexity index is 3270. The van der Waals surface area contributed by atoms with Crippen LogP contribution in [0.25, 0.3) is 33.4 Å². The van der Waals surface area contributed by atoms with Crippen LogP contribution in [0.4, 0.5) is 51.2 Å². The minimum Gasteiger partial charge on any atom is -0.310 e. The van der Waals surface area contributed by atoms with Crippen LogP contribution in [-0.4, -0.2) is 0 Å². The molecule has 0 atom stereocenters. The van der Waals surface area contributed by atoms with Gasteiger partial charge in [-0.25, -0.2) is 0 Å². The van der Waals surface area contributed by atoms with Gasteiger partial charge in [0, 0.05) is 39.5 Å². The lowest BCUT2D eigenvalue weighted by atomic mass is 9.82. The maximum atomic E-state index is 2.45. The van der Waals surface area contributed by atoms with Gasteiger partial charge in [0.15, 0.2) is 0 Å². The van der Waals surface area contributed by atoms with E-state index in [9.17, 15) is 0 Å². The Balaban J connectivity index is 1.18. The second-order valence-electron chi connectivity index (χ2n) is 17.9. The van der Waals surface area contributed by atoms with Crippen molar-refractivity contribution < 1.29 is 0 Å². The van der Waals surface area contributed by atoms with Crippen LogP contribution < -0.4 is 14.7 Å². The average molecular weight is 862 g/mol. The van der Waals surface area contributed by atoms with E-state index in [1.54, 1.807) is 0 Å². The lowest BCUT2D eigenvalue weighted by Crippen LogP contribution is -2.18. The molecule has 10 aromatic carbocycles. The second kappa shape index (κ2) is 17.5. The van der Waals surface area contributed by atoms with Crippen molar-refractivity contribution in [3.05, 3.63) is 271 Å². The molecule has 0 heterocycles. The molecular formula is C64H51N3. The highest BCUT2D eigenvalue weighted by Gasteiger charge is 2.37. The molecule has 322 valence electrons. The summed E-state index contributed by atoms with van der Waals surface area (Å²) in [7, 11) is 0. The summed E-state index contributed by atoms with van der Waals surface area (Å²) < 4.78 is 0. The number of benzene rings is 10. The van der Waals surface area contributed by atoms with Gasteiger partial charge in [-0.3, -0.25) is 0 Å². The van der Waals surface area contributed by atoms with Gasteiger partial charge in [-0.2, -0.15) is 0 Å². The Morgan fingerprint density at radius 2 is 0.642 bits per heavy atom. The quantitative estimate of drug-likeness (QED) is 0.128. The minimum absolute atomic E-state index is 0.187. The molecule has 0 fully saturated rings. The third kappa shape index (κ3) is 7.85. The number of aryl methyl sites for hydroxylation is 1. The Hall–Kier alpha value is -8.40. The Morgan fingerprint density at radius 1 is 0.269 bits per heavy atom. The van der Waals surface area contributed by atoms with Crippen LogP contribution in [0.15, 0.2) is 255 Å². The predicted molar refractivity (Wildman–Crippen MR) is 284 cm³/mol. The van der Waals surface area contributed by atoms with Gasteiger partial charge < -0.3 is 14.7 Å². The Labute approximate surface area is 395 Å². The van der Waals surface area contributed by atoms with Crippen molar-refractivity contribution in [2.24, 2.45) is 0 Å². The van der Waals surface area contributed by atoms with Gasteiger partial charge in [0.25, 0.3) is 0 Å². The van der Waals surface area contributed by atoms with E-state index in [0.717, 1.165) is 56.7 Å². The van der Waals surface area contributed by atoms with Crippen LogP contribution in [0.3, 0.4) is 0 Å². The van der Waals surface area contributed by atoms with E-state index in [1.165, 1.54) is 44.5 Å². The molecule has 0 N–H and O–H groups in total. The lowest BCUT2D eigenvalue weighted by Gasteiger charge is -2.33. The van der Waals surface area contributed by atoms with Crippen LogP contribution >= 0.6 is 0 Å². The van der Waals surface area contributed by atoms with Crippen LogP contribution in [0.1, 0.15) is 30.5 Å². The first kappa shape index (κ1) is 41.3. The molecule has 11 rings (SSSR count). The zero-order valence-electron chi connectivity index (χ0n) is 38.1. The molecule has 1 aliphatic rings. The van der Waals surface area contributed by atoms with E-state index in [0.29, 0.717) is 0 Å². The summed E-state index contributed by atoms with van der Waals surface area (Å²) in [6.07, 6.45) is 0. The van der Waals surface area contributed by atoms with Crippen molar-refractivity contribution >= 4 is 51.2 Å². The van der Waals surface area contributed by atoms with Crippen molar-refractivity contribution in [2.45, 2.75) is 26.2 Å². The van der Waals surface area contributed by atoms with E-state index in [2.05, 4.69) is 290 Å². The lowest BCUT2D eigenvalue weighted by molar-refractivity contribution is 0.660. The molecule has 10 aromatic rings. The van der Waals surface area contributed by atoms with Crippen molar-refractivity contribution in [3.8, 4) is 33.4 Å². The molecule has 0 amide bonds. The van der Waals surface area contributed by atoms with Crippen LogP contribution in [0, 0.1) is 6.92 Å². The standard InChI is InChI=1S/C64H51N3/c1-46-21-19-34-61-63(46)60-40-39-56(45-62(60)64(61,2)3)67(54-37-35-49(36-38-54)47-22-9-4-10-23-47)59-43-57(65(51-27-13-6-14-28-51)52-29-15-7-16-30-52)42-58(44-59)66(53-31-17-8-18-32-53)55-33-20-26-50(41-55)48-24-11-5-12-25-48/h4-45H,1-3H3. The first-order chi connectivity index (χ1) is 32.9. The Morgan fingerprint density at radius 3 is 1.16 bits per heavy atom. The van der Waals surface area contributed by atoms with Crippen LogP contribution in [0.2, 0.25) is 0 Å². The summed E-state index contributed by atoms with van der Waals surface area (Å²) in [6, 6.07) is 92.4. The number of nitrogens with zero attached hydrogens (tertiary/aromatic N) is 3. The molecule has 0 unspecified atom stereocenters. The zero-order chi connectivity index (χ0) is 45.3. The maximum Gasteiger partial charge on any atom is 0.0503 e. The smallest absolute Gasteiger partial charge is 0.0503 e. The van der Waals surface area contributed by atoms with Gasteiger partial charge in [0.05, 0.1) is 17.1 Å². The summed E-state index contributed by atoms with van der Waals surface area (Å²) in [5.74, 6) is 0. The average Bonchev–Trinajstić information content (AvgIpc) is 3.62. The SMILES string of the molecule is Cc1cccc2c1-c1ccc(N(c3ccc(-c4ccccc4)cc3)c3cc(N(c4ccccc4)c4ccccc4)cc(N(c4ccccc4)c4cccc(-c5ccccc5)c4)c3)cc1C2(C)C. The molecular weight excluding hydrogens is 811 g/mol. The molecule has 0 aliphatic heterocycles. The fourth-order valence-corrected chi connectivity index (χ4v) is 10.0. The topological polar surface area (TPSA) is 9.72 Å². The molecule has 0 aromatic heterocycles. The highest BCUT2D eigenvalue weighted by molar-refractivity contribution is 5.92. The molecule has 0 saturated heterocycles. The minimum atomic E-state index is -0.187. The van der Waals surface area contributed by atoms with Gasteiger partial charge in [-0.1, -0.05) is 178 Å². The first-order valence-electron chi connectivity index (χ1n) is 23.2. The largest absolute Gasteiger partial charge is 0.310 e.